The number of rotatable bonds is 6. The molecule has 0 saturated carbocycles. The Kier molecular flexibility index (Phi) is 5.68. The van der Waals surface area contributed by atoms with Crippen molar-refractivity contribution in [1.29, 1.82) is 0 Å². The van der Waals surface area contributed by atoms with Crippen molar-refractivity contribution in [3.05, 3.63) is 75.3 Å². The highest BCUT2D eigenvalue weighted by molar-refractivity contribution is 5.98. The molecule has 0 aliphatic carbocycles. The number of carbonyl (C=O) groups excluding carboxylic acids is 1. The van der Waals surface area contributed by atoms with Crippen molar-refractivity contribution in [2.24, 2.45) is 5.92 Å². The molecule has 0 aliphatic heterocycles. The molecule has 0 bridgehead atoms. The predicted octanol–water partition coefficient (Wildman–Crippen LogP) is 4.07. The van der Waals surface area contributed by atoms with Crippen LogP contribution in [0.2, 0.25) is 0 Å². The molecule has 126 valence electrons. The van der Waals surface area contributed by atoms with Gasteiger partial charge in [-0.2, -0.15) is 0 Å². The van der Waals surface area contributed by atoms with Gasteiger partial charge in [0.1, 0.15) is 5.56 Å². The number of nitro benzene ring substituents is 1. The zero-order chi connectivity index (χ0) is 17.7. The monoisotopic (exact) mass is 326 g/mol. The Labute approximate surface area is 141 Å². The highest BCUT2D eigenvalue weighted by Crippen LogP contribution is 2.25. The molecular formula is C19H22N2O3. The molecule has 2 aromatic carbocycles. The Morgan fingerprint density at radius 2 is 1.79 bits per heavy atom. The minimum absolute atomic E-state index is 0.107. The predicted molar refractivity (Wildman–Crippen MR) is 94.2 cm³/mol. The number of para-hydroxylation sites is 1. The highest BCUT2D eigenvalue weighted by atomic mass is 16.6. The van der Waals surface area contributed by atoms with Gasteiger partial charge in [-0.05, 0) is 24.5 Å². The molecule has 24 heavy (non-hydrogen) atoms. The maximum absolute atomic E-state index is 12.5. The molecule has 2 aromatic rings. The Hall–Kier alpha value is -2.69. The molecule has 0 aliphatic rings. The lowest BCUT2D eigenvalue weighted by molar-refractivity contribution is -0.385. The average Bonchev–Trinajstić information content (AvgIpc) is 2.55. The van der Waals surface area contributed by atoms with Crippen molar-refractivity contribution in [2.75, 3.05) is 6.54 Å². The third-order valence-corrected chi connectivity index (χ3v) is 4.18. The standard InChI is InChI=1S/C19H22N2O3/c1-13(2)17(15-9-5-4-6-10-15)12-20-19(22)16-11-7-8-14(3)18(16)21(23)24/h4-11,13,17H,12H2,1-3H3,(H,20,22). The van der Waals surface area contributed by atoms with Crippen molar-refractivity contribution >= 4 is 11.6 Å². The molecule has 1 N–H and O–H groups in total. The first kappa shape index (κ1) is 17.7. The molecule has 1 amide bonds. The lowest BCUT2D eigenvalue weighted by Gasteiger charge is -2.22. The Balaban J connectivity index is 2.18. The first-order chi connectivity index (χ1) is 11.4. The summed E-state index contributed by atoms with van der Waals surface area (Å²) in [5.74, 6) is 0.0752. The Morgan fingerprint density at radius 3 is 2.38 bits per heavy atom. The van der Waals surface area contributed by atoms with Crippen molar-refractivity contribution in [2.45, 2.75) is 26.7 Å². The van der Waals surface area contributed by atoms with E-state index in [0.717, 1.165) is 5.56 Å². The molecule has 5 heteroatoms. The van der Waals surface area contributed by atoms with E-state index >= 15 is 0 Å². The minimum Gasteiger partial charge on any atom is -0.351 e. The maximum Gasteiger partial charge on any atom is 0.285 e. The van der Waals surface area contributed by atoms with Gasteiger partial charge < -0.3 is 5.32 Å². The molecule has 5 nitrogen and oxygen atoms in total. The van der Waals surface area contributed by atoms with Gasteiger partial charge in [-0.15, -0.1) is 0 Å². The van der Waals surface area contributed by atoms with E-state index in [1.807, 2.05) is 30.3 Å². The molecule has 0 fully saturated rings. The summed E-state index contributed by atoms with van der Waals surface area (Å²) in [5.41, 5.74) is 1.61. The summed E-state index contributed by atoms with van der Waals surface area (Å²) in [6, 6.07) is 14.8. The van der Waals surface area contributed by atoms with E-state index in [4.69, 9.17) is 0 Å². The van der Waals surface area contributed by atoms with Crippen molar-refractivity contribution in [3.63, 3.8) is 0 Å². The van der Waals surface area contributed by atoms with Crippen molar-refractivity contribution < 1.29 is 9.72 Å². The Morgan fingerprint density at radius 1 is 1.12 bits per heavy atom. The van der Waals surface area contributed by atoms with Crippen molar-refractivity contribution in [3.8, 4) is 0 Å². The number of carbonyl (C=O) groups is 1. The summed E-state index contributed by atoms with van der Waals surface area (Å²) in [4.78, 5) is 23.2. The van der Waals surface area contributed by atoms with Crippen LogP contribution in [0, 0.1) is 23.0 Å². The fourth-order valence-corrected chi connectivity index (χ4v) is 2.82. The summed E-state index contributed by atoms with van der Waals surface area (Å²) in [6.07, 6.45) is 0. The van der Waals surface area contributed by atoms with E-state index in [-0.39, 0.29) is 17.2 Å². The Bertz CT molecular complexity index is 727. The van der Waals surface area contributed by atoms with Crippen molar-refractivity contribution in [1.82, 2.24) is 5.32 Å². The van der Waals surface area contributed by atoms with Gasteiger partial charge in [0.2, 0.25) is 0 Å². The summed E-state index contributed by atoms with van der Waals surface area (Å²) in [7, 11) is 0. The zero-order valence-corrected chi connectivity index (χ0v) is 14.2. The van der Waals surface area contributed by atoms with Crippen LogP contribution in [0.3, 0.4) is 0 Å². The van der Waals surface area contributed by atoms with E-state index in [2.05, 4.69) is 19.2 Å². The average molecular weight is 326 g/mol. The summed E-state index contributed by atoms with van der Waals surface area (Å²) >= 11 is 0. The summed E-state index contributed by atoms with van der Waals surface area (Å²) < 4.78 is 0. The number of benzene rings is 2. The first-order valence-corrected chi connectivity index (χ1v) is 7.99. The number of amides is 1. The zero-order valence-electron chi connectivity index (χ0n) is 14.2. The van der Waals surface area contributed by atoms with Crippen LogP contribution in [0.25, 0.3) is 0 Å². The topological polar surface area (TPSA) is 72.2 Å². The van der Waals surface area contributed by atoms with Gasteiger partial charge in [0.15, 0.2) is 0 Å². The van der Waals surface area contributed by atoms with Crippen LogP contribution < -0.4 is 5.32 Å². The minimum atomic E-state index is -0.499. The summed E-state index contributed by atoms with van der Waals surface area (Å²) in [5, 5.41) is 14.1. The van der Waals surface area contributed by atoms with Gasteiger partial charge in [-0.3, -0.25) is 14.9 Å². The van der Waals surface area contributed by atoms with Crippen LogP contribution in [-0.4, -0.2) is 17.4 Å². The fraction of sp³-hybridized carbons (Fsp3) is 0.316. The van der Waals surface area contributed by atoms with Crippen LogP contribution in [0.1, 0.15) is 41.3 Å². The van der Waals surface area contributed by atoms with E-state index in [1.54, 1.807) is 19.1 Å². The van der Waals surface area contributed by atoms with Crippen LogP contribution in [0.5, 0.6) is 0 Å². The number of nitro groups is 1. The summed E-state index contributed by atoms with van der Waals surface area (Å²) in [6.45, 7) is 6.26. The lowest BCUT2D eigenvalue weighted by atomic mass is 9.88. The number of nitrogens with zero attached hydrogens (tertiary/aromatic N) is 1. The van der Waals surface area contributed by atoms with E-state index in [0.29, 0.717) is 18.0 Å². The molecule has 0 radical (unpaired) electrons. The highest BCUT2D eigenvalue weighted by Gasteiger charge is 2.23. The number of aryl methyl sites for hydroxylation is 1. The molecular weight excluding hydrogens is 304 g/mol. The largest absolute Gasteiger partial charge is 0.351 e. The first-order valence-electron chi connectivity index (χ1n) is 7.99. The van der Waals surface area contributed by atoms with Gasteiger partial charge in [-0.1, -0.05) is 56.3 Å². The molecule has 2 rings (SSSR count). The third-order valence-electron chi connectivity index (χ3n) is 4.18. The van der Waals surface area contributed by atoms with Crippen LogP contribution in [-0.2, 0) is 0 Å². The smallest absolute Gasteiger partial charge is 0.285 e. The van der Waals surface area contributed by atoms with Crippen LogP contribution in [0.4, 0.5) is 5.69 Å². The van der Waals surface area contributed by atoms with E-state index in [9.17, 15) is 14.9 Å². The van der Waals surface area contributed by atoms with E-state index < -0.39 is 10.8 Å². The maximum atomic E-state index is 12.5. The van der Waals surface area contributed by atoms with Gasteiger partial charge in [0, 0.05) is 18.0 Å². The van der Waals surface area contributed by atoms with E-state index in [1.165, 1.54) is 6.07 Å². The molecule has 0 aromatic heterocycles. The quantitative estimate of drug-likeness (QED) is 0.642. The molecule has 0 saturated heterocycles. The SMILES string of the molecule is Cc1cccc(C(=O)NCC(c2ccccc2)C(C)C)c1[N+](=O)[O-]. The normalized spacial score (nSPS) is 12.0. The third kappa shape index (κ3) is 3.98. The second kappa shape index (κ2) is 7.73. The molecule has 0 heterocycles. The van der Waals surface area contributed by atoms with Gasteiger partial charge in [0.05, 0.1) is 4.92 Å². The van der Waals surface area contributed by atoms with Gasteiger partial charge in [0.25, 0.3) is 11.6 Å². The lowest BCUT2D eigenvalue weighted by Crippen LogP contribution is -2.31. The second-order valence-corrected chi connectivity index (χ2v) is 6.20. The fourth-order valence-electron chi connectivity index (χ4n) is 2.82. The van der Waals surface area contributed by atoms with Gasteiger partial charge >= 0.3 is 0 Å². The molecule has 0 spiro atoms. The molecule has 1 atom stereocenters. The van der Waals surface area contributed by atoms with Crippen LogP contribution >= 0.6 is 0 Å². The van der Waals surface area contributed by atoms with Gasteiger partial charge in [-0.25, -0.2) is 0 Å². The van der Waals surface area contributed by atoms with Crippen LogP contribution in [0.15, 0.2) is 48.5 Å². The number of hydrogen-bond acceptors (Lipinski definition) is 3. The number of hydrogen-bond donors (Lipinski definition) is 1. The second-order valence-electron chi connectivity index (χ2n) is 6.20. The molecule has 1 unspecified atom stereocenters. The number of nitrogens with one attached hydrogen (secondary N) is 1.